The van der Waals surface area contributed by atoms with Gasteiger partial charge in [0, 0.05) is 37.1 Å². The number of ketones is 1. The third-order valence-corrected chi connectivity index (χ3v) is 7.97. The van der Waals surface area contributed by atoms with Gasteiger partial charge in [-0.05, 0) is 72.9 Å². The van der Waals surface area contributed by atoms with Gasteiger partial charge >= 0.3 is 12.1 Å². The number of halogens is 6. The van der Waals surface area contributed by atoms with Crippen molar-refractivity contribution in [1.29, 1.82) is 0 Å². The van der Waals surface area contributed by atoms with Crippen LogP contribution in [0.5, 0.6) is 5.75 Å². The summed E-state index contributed by atoms with van der Waals surface area (Å²) in [5, 5.41) is 9.04. The van der Waals surface area contributed by atoms with Gasteiger partial charge in [-0.2, -0.15) is 13.2 Å². The molecule has 1 saturated carbocycles. The van der Waals surface area contributed by atoms with Crippen molar-refractivity contribution in [2.45, 2.75) is 69.4 Å². The van der Waals surface area contributed by atoms with Crippen LogP contribution in [0.1, 0.15) is 72.0 Å². The molecule has 41 heavy (non-hydrogen) atoms. The maximum Gasteiger partial charge on any atom is 0.416 e. The standard InChI is InChI=1S/C29H32ClF5N2O4/c1-16(26(36)27(39)40)8-24(38)22-12-21(18-2-3-18)25(13-23(22)31)41-15-28(32)4-6-37(7-5-28)14-17-9-19(29(33,34)35)11-20(30)10-17/h9-13,16,18,26H,2-8,14-15,36H2,1H3,(H,39,40)/t16?,26-/m0/s1. The van der Waals surface area contributed by atoms with Crippen LogP contribution in [0, 0.1) is 11.7 Å². The number of hydrogen-bond acceptors (Lipinski definition) is 5. The van der Waals surface area contributed by atoms with Gasteiger partial charge < -0.3 is 15.6 Å². The Kier molecular flexibility index (Phi) is 9.30. The van der Waals surface area contributed by atoms with E-state index in [1.807, 2.05) is 4.90 Å². The van der Waals surface area contributed by atoms with Crippen LogP contribution in [-0.2, 0) is 17.5 Å². The quantitative estimate of drug-likeness (QED) is 0.229. The number of Topliss-reactive ketones (excluding diaryl/α,β-unsaturated/α-hetero) is 1. The third-order valence-electron chi connectivity index (χ3n) is 7.75. The summed E-state index contributed by atoms with van der Waals surface area (Å²) in [6.07, 6.45) is -3.01. The lowest BCUT2D eigenvalue weighted by Gasteiger charge is -2.36. The number of carbonyl (C=O) groups excluding carboxylic acids is 1. The predicted octanol–water partition coefficient (Wildman–Crippen LogP) is 6.38. The molecule has 0 aromatic heterocycles. The molecule has 2 aromatic carbocycles. The van der Waals surface area contributed by atoms with Gasteiger partial charge in [-0.25, -0.2) is 8.78 Å². The van der Waals surface area contributed by atoms with Gasteiger partial charge in [-0.15, -0.1) is 0 Å². The fourth-order valence-corrected chi connectivity index (χ4v) is 5.28. The number of ether oxygens (including phenoxy) is 1. The number of piperidine rings is 1. The number of alkyl halides is 4. The van der Waals surface area contributed by atoms with Crippen molar-refractivity contribution < 1.29 is 41.4 Å². The first-order chi connectivity index (χ1) is 19.1. The van der Waals surface area contributed by atoms with Crippen molar-refractivity contribution >= 4 is 23.4 Å². The average Bonchev–Trinajstić information content (AvgIpc) is 3.73. The second kappa shape index (κ2) is 12.2. The van der Waals surface area contributed by atoms with Gasteiger partial charge in [-0.1, -0.05) is 18.5 Å². The minimum absolute atomic E-state index is 0.0233. The molecule has 1 heterocycles. The van der Waals surface area contributed by atoms with E-state index in [0.29, 0.717) is 11.1 Å². The lowest BCUT2D eigenvalue weighted by molar-refractivity contribution is -0.140. The van der Waals surface area contributed by atoms with E-state index in [2.05, 4.69) is 0 Å². The van der Waals surface area contributed by atoms with Crippen molar-refractivity contribution in [3.63, 3.8) is 0 Å². The number of carboxylic acids is 1. The van der Waals surface area contributed by atoms with Crippen LogP contribution in [-0.4, -0.2) is 53.2 Å². The van der Waals surface area contributed by atoms with Crippen molar-refractivity contribution in [1.82, 2.24) is 4.90 Å². The van der Waals surface area contributed by atoms with Gasteiger partial charge in [-0.3, -0.25) is 14.5 Å². The first kappa shape index (κ1) is 31.2. The fourth-order valence-electron chi connectivity index (χ4n) is 5.02. The highest BCUT2D eigenvalue weighted by Crippen LogP contribution is 2.46. The van der Waals surface area contributed by atoms with Crippen LogP contribution in [0.2, 0.25) is 5.02 Å². The topological polar surface area (TPSA) is 92.9 Å². The number of aliphatic carboxylic acids is 1. The first-order valence-electron chi connectivity index (χ1n) is 13.4. The molecule has 0 spiro atoms. The lowest BCUT2D eigenvalue weighted by atomic mass is 9.92. The zero-order valence-corrected chi connectivity index (χ0v) is 23.2. The number of carboxylic acid groups (broad SMARTS) is 1. The van der Waals surface area contributed by atoms with E-state index in [0.717, 1.165) is 31.0 Å². The van der Waals surface area contributed by atoms with Crippen LogP contribution < -0.4 is 10.5 Å². The summed E-state index contributed by atoms with van der Waals surface area (Å²) in [6.45, 7) is 1.91. The molecule has 2 aliphatic rings. The maximum absolute atomic E-state index is 15.7. The molecule has 12 heteroatoms. The summed E-state index contributed by atoms with van der Waals surface area (Å²) in [7, 11) is 0. The average molecular weight is 603 g/mol. The Morgan fingerprint density at radius 2 is 1.83 bits per heavy atom. The van der Waals surface area contributed by atoms with Gasteiger partial charge in [0.25, 0.3) is 0 Å². The molecule has 0 radical (unpaired) electrons. The van der Waals surface area contributed by atoms with Crippen LogP contribution in [0.25, 0.3) is 0 Å². The molecular formula is C29H32ClF5N2O4. The zero-order chi connectivity index (χ0) is 30.1. The molecule has 0 bridgehead atoms. The summed E-state index contributed by atoms with van der Waals surface area (Å²) >= 11 is 5.87. The van der Waals surface area contributed by atoms with Gasteiger partial charge in [0.1, 0.15) is 29.9 Å². The number of rotatable bonds is 11. The lowest BCUT2D eigenvalue weighted by Crippen LogP contribution is -2.44. The van der Waals surface area contributed by atoms with E-state index in [9.17, 15) is 27.2 Å². The Morgan fingerprint density at radius 3 is 2.41 bits per heavy atom. The number of likely N-dealkylation sites (tertiary alicyclic amines) is 1. The SMILES string of the molecule is CC(CC(=O)c1cc(C2CC2)c(OCC2(F)CCN(Cc3cc(Cl)cc(C(F)(F)F)c3)CC2)cc1F)[C@H](N)C(=O)O. The Labute approximate surface area is 239 Å². The summed E-state index contributed by atoms with van der Waals surface area (Å²) in [6, 6.07) is 4.59. The van der Waals surface area contributed by atoms with Crippen LogP contribution >= 0.6 is 11.6 Å². The molecule has 3 N–H and O–H groups in total. The first-order valence-corrected chi connectivity index (χ1v) is 13.8. The van der Waals surface area contributed by atoms with E-state index in [-0.39, 0.29) is 67.8 Å². The normalized spacial score (nSPS) is 19.0. The van der Waals surface area contributed by atoms with Crippen molar-refractivity contribution in [3.05, 3.63) is 63.4 Å². The van der Waals surface area contributed by atoms with Crippen LogP contribution in [0.15, 0.2) is 30.3 Å². The Morgan fingerprint density at radius 1 is 1.17 bits per heavy atom. The summed E-state index contributed by atoms with van der Waals surface area (Å²) in [5.74, 6) is -3.16. The molecule has 4 rings (SSSR count). The molecule has 1 saturated heterocycles. The molecule has 0 amide bonds. The van der Waals surface area contributed by atoms with Crippen molar-refractivity contribution in [3.8, 4) is 5.75 Å². The van der Waals surface area contributed by atoms with Crippen molar-refractivity contribution in [2.24, 2.45) is 11.7 Å². The Hall–Kier alpha value is -2.76. The monoisotopic (exact) mass is 602 g/mol. The Balaban J connectivity index is 1.38. The zero-order valence-electron chi connectivity index (χ0n) is 22.4. The summed E-state index contributed by atoms with van der Waals surface area (Å²) in [5.41, 5.74) is 3.83. The summed E-state index contributed by atoms with van der Waals surface area (Å²) < 4.78 is 75.8. The molecule has 1 unspecified atom stereocenters. The maximum atomic E-state index is 15.7. The van der Waals surface area contributed by atoms with E-state index < -0.39 is 46.9 Å². The van der Waals surface area contributed by atoms with Gasteiger partial charge in [0.15, 0.2) is 5.78 Å². The molecule has 2 atom stereocenters. The minimum atomic E-state index is -4.52. The van der Waals surface area contributed by atoms with E-state index >= 15 is 4.39 Å². The number of nitrogens with two attached hydrogens (primary N) is 1. The number of carbonyl (C=O) groups is 2. The van der Waals surface area contributed by atoms with E-state index in [1.54, 1.807) is 0 Å². The van der Waals surface area contributed by atoms with Gasteiger partial charge in [0.2, 0.25) is 0 Å². The summed E-state index contributed by atoms with van der Waals surface area (Å²) in [4.78, 5) is 25.7. The number of hydrogen-bond donors (Lipinski definition) is 2. The molecule has 224 valence electrons. The van der Waals surface area contributed by atoms with E-state index in [4.69, 9.17) is 27.2 Å². The Bertz CT molecular complexity index is 1290. The highest BCUT2D eigenvalue weighted by atomic mass is 35.5. The molecule has 2 aromatic rings. The predicted molar refractivity (Wildman–Crippen MR) is 142 cm³/mol. The smallest absolute Gasteiger partial charge is 0.416 e. The third kappa shape index (κ3) is 7.96. The minimum Gasteiger partial charge on any atom is -0.490 e. The second-order valence-electron chi connectivity index (χ2n) is 11.2. The van der Waals surface area contributed by atoms with Crippen LogP contribution in [0.3, 0.4) is 0 Å². The van der Waals surface area contributed by atoms with Crippen LogP contribution in [0.4, 0.5) is 22.0 Å². The highest BCUT2D eigenvalue weighted by molar-refractivity contribution is 6.30. The molecule has 1 aliphatic carbocycles. The highest BCUT2D eigenvalue weighted by Gasteiger charge is 2.37. The largest absolute Gasteiger partial charge is 0.490 e. The second-order valence-corrected chi connectivity index (χ2v) is 11.6. The fraction of sp³-hybridized carbons (Fsp3) is 0.517. The molecular weight excluding hydrogens is 571 g/mol. The van der Waals surface area contributed by atoms with Gasteiger partial charge in [0.05, 0.1) is 11.1 Å². The molecule has 1 aliphatic heterocycles. The molecule has 2 fully saturated rings. The van der Waals surface area contributed by atoms with E-state index in [1.165, 1.54) is 19.1 Å². The molecule has 6 nitrogen and oxygen atoms in total. The number of benzene rings is 2. The van der Waals surface area contributed by atoms with Crippen molar-refractivity contribution in [2.75, 3.05) is 19.7 Å². The number of nitrogens with zero attached hydrogens (tertiary/aromatic N) is 1.